The topological polar surface area (TPSA) is 38.8 Å². The fourth-order valence-electron chi connectivity index (χ4n) is 2.63. The number of carbonyl (C=O) groups excluding carboxylic acids is 1. The standard InChI is InChI=1S/C12H21NO3/c1-15-11-2-5-13(6-3-11)8-12(9-14)4-7-16-10-12/h9,11H,2-8,10H2,1H3. The van der Waals surface area contributed by atoms with E-state index in [1.807, 2.05) is 0 Å². The molecule has 0 N–H and O–H groups in total. The third-order valence-corrected chi connectivity index (χ3v) is 3.79. The van der Waals surface area contributed by atoms with Crippen molar-refractivity contribution in [1.29, 1.82) is 0 Å². The van der Waals surface area contributed by atoms with Gasteiger partial charge in [-0.3, -0.25) is 0 Å². The van der Waals surface area contributed by atoms with Gasteiger partial charge in [-0.15, -0.1) is 0 Å². The zero-order chi connectivity index (χ0) is 11.4. The molecule has 0 aliphatic carbocycles. The molecule has 0 radical (unpaired) electrons. The number of aldehydes is 1. The van der Waals surface area contributed by atoms with E-state index < -0.39 is 0 Å². The number of methoxy groups -OCH3 is 1. The number of hydrogen-bond acceptors (Lipinski definition) is 4. The van der Waals surface area contributed by atoms with Gasteiger partial charge in [0, 0.05) is 33.4 Å². The van der Waals surface area contributed by atoms with E-state index in [1.165, 1.54) is 0 Å². The molecule has 4 heteroatoms. The predicted octanol–water partition coefficient (Wildman–Crippen LogP) is 0.703. The van der Waals surface area contributed by atoms with E-state index >= 15 is 0 Å². The van der Waals surface area contributed by atoms with Gasteiger partial charge in [-0.2, -0.15) is 0 Å². The van der Waals surface area contributed by atoms with Crippen molar-refractivity contribution < 1.29 is 14.3 Å². The van der Waals surface area contributed by atoms with Gasteiger partial charge in [-0.1, -0.05) is 0 Å². The minimum Gasteiger partial charge on any atom is -0.381 e. The molecule has 0 aromatic carbocycles. The van der Waals surface area contributed by atoms with Gasteiger partial charge >= 0.3 is 0 Å². The van der Waals surface area contributed by atoms with Gasteiger partial charge in [0.05, 0.1) is 18.1 Å². The monoisotopic (exact) mass is 227 g/mol. The van der Waals surface area contributed by atoms with Gasteiger partial charge in [0.2, 0.25) is 0 Å². The second kappa shape index (κ2) is 5.25. The molecule has 2 heterocycles. The van der Waals surface area contributed by atoms with Gasteiger partial charge in [0.25, 0.3) is 0 Å². The summed E-state index contributed by atoms with van der Waals surface area (Å²) in [5.74, 6) is 0. The first kappa shape index (κ1) is 12.0. The summed E-state index contributed by atoms with van der Waals surface area (Å²) in [6.07, 6.45) is 4.53. The summed E-state index contributed by atoms with van der Waals surface area (Å²) in [6.45, 7) is 4.25. The van der Waals surface area contributed by atoms with Crippen molar-refractivity contribution in [3.8, 4) is 0 Å². The number of likely N-dealkylation sites (tertiary alicyclic amines) is 1. The number of rotatable bonds is 4. The highest BCUT2D eigenvalue weighted by Gasteiger charge is 2.37. The molecule has 2 rings (SSSR count). The second-order valence-electron chi connectivity index (χ2n) is 4.99. The molecule has 0 saturated carbocycles. The number of carbonyl (C=O) groups is 1. The van der Waals surface area contributed by atoms with Crippen LogP contribution in [0, 0.1) is 5.41 Å². The largest absolute Gasteiger partial charge is 0.381 e. The van der Waals surface area contributed by atoms with E-state index in [2.05, 4.69) is 4.90 Å². The molecule has 16 heavy (non-hydrogen) atoms. The van der Waals surface area contributed by atoms with Crippen LogP contribution in [-0.4, -0.2) is 57.2 Å². The quantitative estimate of drug-likeness (QED) is 0.663. The SMILES string of the molecule is COC1CCN(CC2(C=O)CCOC2)CC1. The molecule has 4 nitrogen and oxygen atoms in total. The Morgan fingerprint density at radius 1 is 1.50 bits per heavy atom. The van der Waals surface area contributed by atoms with Crippen LogP contribution >= 0.6 is 0 Å². The molecule has 2 aliphatic rings. The lowest BCUT2D eigenvalue weighted by atomic mass is 9.88. The maximum atomic E-state index is 11.2. The van der Waals surface area contributed by atoms with Crippen LogP contribution in [0.3, 0.4) is 0 Å². The van der Waals surface area contributed by atoms with E-state index in [0.29, 0.717) is 12.7 Å². The highest BCUT2D eigenvalue weighted by atomic mass is 16.5. The van der Waals surface area contributed by atoms with E-state index in [9.17, 15) is 4.79 Å². The van der Waals surface area contributed by atoms with Crippen molar-refractivity contribution in [2.45, 2.75) is 25.4 Å². The van der Waals surface area contributed by atoms with Gasteiger partial charge in [0.15, 0.2) is 0 Å². The molecule has 2 aliphatic heterocycles. The highest BCUT2D eigenvalue weighted by molar-refractivity contribution is 5.60. The molecule has 0 amide bonds. The number of hydrogen-bond donors (Lipinski definition) is 0. The molecule has 0 spiro atoms. The van der Waals surface area contributed by atoms with Crippen LogP contribution in [0.1, 0.15) is 19.3 Å². The molecule has 0 aromatic rings. The Bertz CT molecular complexity index is 230. The van der Waals surface area contributed by atoms with Gasteiger partial charge in [0.1, 0.15) is 6.29 Å². The smallest absolute Gasteiger partial charge is 0.129 e. The van der Waals surface area contributed by atoms with Crippen LogP contribution < -0.4 is 0 Å². The summed E-state index contributed by atoms with van der Waals surface area (Å²) in [4.78, 5) is 13.6. The number of nitrogens with zero attached hydrogens (tertiary/aromatic N) is 1. The summed E-state index contributed by atoms with van der Waals surface area (Å²) in [5, 5.41) is 0. The third kappa shape index (κ3) is 2.62. The normalized spacial score (nSPS) is 33.1. The van der Waals surface area contributed by atoms with Gasteiger partial charge in [-0.25, -0.2) is 0 Å². The predicted molar refractivity (Wildman–Crippen MR) is 60.4 cm³/mol. The van der Waals surface area contributed by atoms with Gasteiger partial charge < -0.3 is 19.2 Å². The highest BCUT2D eigenvalue weighted by Crippen LogP contribution is 2.28. The van der Waals surface area contributed by atoms with E-state index in [4.69, 9.17) is 9.47 Å². The summed E-state index contributed by atoms with van der Waals surface area (Å²) >= 11 is 0. The lowest BCUT2D eigenvalue weighted by molar-refractivity contribution is -0.117. The minimum atomic E-state index is -0.236. The summed E-state index contributed by atoms with van der Waals surface area (Å²) in [5.41, 5.74) is -0.236. The Kier molecular flexibility index (Phi) is 3.95. The third-order valence-electron chi connectivity index (χ3n) is 3.79. The molecule has 0 bridgehead atoms. The summed E-state index contributed by atoms with van der Waals surface area (Å²) in [6, 6.07) is 0. The molecule has 1 atom stereocenters. The molecular weight excluding hydrogens is 206 g/mol. The number of piperidine rings is 1. The Morgan fingerprint density at radius 2 is 2.25 bits per heavy atom. The van der Waals surface area contributed by atoms with E-state index in [-0.39, 0.29) is 5.41 Å². The fourth-order valence-corrected chi connectivity index (χ4v) is 2.63. The summed E-state index contributed by atoms with van der Waals surface area (Å²) < 4.78 is 10.7. The zero-order valence-electron chi connectivity index (χ0n) is 9.98. The maximum Gasteiger partial charge on any atom is 0.129 e. The van der Waals surface area contributed by atoms with Crippen LogP contribution in [0.2, 0.25) is 0 Å². The lowest BCUT2D eigenvalue weighted by Crippen LogP contribution is -2.44. The first-order valence-corrected chi connectivity index (χ1v) is 6.07. The molecule has 1 unspecified atom stereocenters. The number of ether oxygens (including phenoxy) is 2. The molecular formula is C12H21NO3. The van der Waals surface area contributed by atoms with E-state index in [0.717, 1.165) is 51.8 Å². The zero-order valence-corrected chi connectivity index (χ0v) is 9.98. The minimum absolute atomic E-state index is 0.236. The van der Waals surface area contributed by atoms with E-state index in [1.54, 1.807) is 7.11 Å². The van der Waals surface area contributed by atoms with Crippen LogP contribution in [0.25, 0.3) is 0 Å². The Hall–Kier alpha value is -0.450. The second-order valence-corrected chi connectivity index (χ2v) is 4.99. The Balaban J connectivity index is 1.83. The van der Waals surface area contributed by atoms with Crippen molar-refractivity contribution >= 4 is 6.29 Å². The fraction of sp³-hybridized carbons (Fsp3) is 0.917. The molecule has 0 aromatic heterocycles. The van der Waals surface area contributed by atoms with Crippen molar-refractivity contribution in [2.75, 3.05) is 40.0 Å². The van der Waals surface area contributed by atoms with Gasteiger partial charge in [-0.05, 0) is 19.3 Å². The average Bonchev–Trinajstić information content (AvgIpc) is 2.79. The molecule has 92 valence electrons. The van der Waals surface area contributed by atoms with Crippen molar-refractivity contribution in [1.82, 2.24) is 4.90 Å². The van der Waals surface area contributed by atoms with Crippen LogP contribution in [-0.2, 0) is 14.3 Å². The lowest BCUT2D eigenvalue weighted by Gasteiger charge is -2.35. The Morgan fingerprint density at radius 3 is 2.75 bits per heavy atom. The molecule has 2 saturated heterocycles. The average molecular weight is 227 g/mol. The van der Waals surface area contributed by atoms with Crippen LogP contribution in [0.4, 0.5) is 0 Å². The summed E-state index contributed by atoms with van der Waals surface area (Å²) in [7, 11) is 1.78. The molecule has 2 fully saturated rings. The van der Waals surface area contributed by atoms with Crippen molar-refractivity contribution in [3.63, 3.8) is 0 Å². The maximum absolute atomic E-state index is 11.2. The van der Waals surface area contributed by atoms with Crippen LogP contribution in [0.5, 0.6) is 0 Å². The first-order valence-electron chi connectivity index (χ1n) is 6.07. The first-order chi connectivity index (χ1) is 7.78. The van der Waals surface area contributed by atoms with Crippen LogP contribution in [0.15, 0.2) is 0 Å². The Labute approximate surface area is 96.9 Å². The van der Waals surface area contributed by atoms with Crippen molar-refractivity contribution in [2.24, 2.45) is 5.41 Å². The van der Waals surface area contributed by atoms with Crippen molar-refractivity contribution in [3.05, 3.63) is 0 Å².